The number of amides is 2. The lowest BCUT2D eigenvalue weighted by atomic mass is 9.86. The van der Waals surface area contributed by atoms with Crippen LogP contribution in [0.25, 0.3) is 0 Å². The molecule has 2 aliphatic carbocycles. The number of pyridine rings is 1. The van der Waals surface area contributed by atoms with Crippen LogP contribution in [0.15, 0.2) is 36.5 Å². The van der Waals surface area contributed by atoms with Gasteiger partial charge in [-0.1, -0.05) is 23.2 Å². The second-order valence-electron chi connectivity index (χ2n) is 7.85. The molecule has 6 nitrogen and oxygen atoms in total. The van der Waals surface area contributed by atoms with Gasteiger partial charge in [0.25, 0.3) is 5.91 Å². The van der Waals surface area contributed by atoms with Crippen molar-refractivity contribution in [1.82, 2.24) is 9.71 Å². The van der Waals surface area contributed by atoms with Gasteiger partial charge in [0.15, 0.2) is 0 Å². The lowest BCUT2D eigenvalue weighted by Gasteiger charge is -2.28. The van der Waals surface area contributed by atoms with E-state index in [1.165, 1.54) is 18.1 Å². The van der Waals surface area contributed by atoms with E-state index in [1.807, 2.05) is 0 Å². The van der Waals surface area contributed by atoms with Gasteiger partial charge in [-0.05, 0) is 80.8 Å². The van der Waals surface area contributed by atoms with Crippen LogP contribution in [0.2, 0.25) is 10.0 Å². The zero-order valence-electron chi connectivity index (χ0n) is 16.8. The van der Waals surface area contributed by atoms with Gasteiger partial charge in [0.1, 0.15) is 11.1 Å². The van der Waals surface area contributed by atoms with Crippen molar-refractivity contribution in [1.29, 1.82) is 0 Å². The lowest BCUT2D eigenvalue weighted by molar-refractivity contribution is -0.121. The second-order valence-corrected chi connectivity index (χ2v) is 9.80. The molecule has 2 aromatic rings. The van der Waals surface area contributed by atoms with Crippen molar-refractivity contribution in [3.05, 3.63) is 52.1 Å². The van der Waals surface area contributed by atoms with E-state index in [0.29, 0.717) is 32.4 Å². The van der Waals surface area contributed by atoms with Crippen LogP contribution in [0.3, 0.4) is 0 Å². The molecule has 0 aliphatic heterocycles. The van der Waals surface area contributed by atoms with Crippen LogP contribution in [0.4, 0.5) is 5.69 Å². The molecule has 4 rings (SSSR count). The number of anilines is 1. The van der Waals surface area contributed by atoms with Gasteiger partial charge >= 0.3 is 0 Å². The zero-order chi connectivity index (χ0) is 21.8. The quantitative estimate of drug-likeness (QED) is 0.512. The van der Waals surface area contributed by atoms with E-state index < -0.39 is 0 Å². The molecule has 1 aromatic carbocycles. The molecule has 2 N–H and O–H groups in total. The number of carbonyl (C=O) groups is 2. The highest BCUT2D eigenvalue weighted by molar-refractivity contribution is 7.98. The van der Waals surface area contributed by atoms with Gasteiger partial charge in [-0.25, -0.2) is 4.98 Å². The molecule has 2 fully saturated rings. The predicted octanol–water partition coefficient (Wildman–Crippen LogP) is 5.51. The summed E-state index contributed by atoms with van der Waals surface area (Å²) in [4.78, 5) is 28.9. The van der Waals surface area contributed by atoms with Crippen LogP contribution in [-0.4, -0.2) is 28.2 Å². The Morgan fingerprint density at radius 1 is 1.03 bits per heavy atom. The van der Waals surface area contributed by atoms with Crippen LogP contribution in [-0.2, 0) is 4.79 Å². The molecule has 0 atom stereocenters. The Balaban J connectivity index is 1.23. The van der Waals surface area contributed by atoms with Crippen LogP contribution < -0.4 is 14.8 Å². The Bertz CT molecular complexity index is 946. The summed E-state index contributed by atoms with van der Waals surface area (Å²) in [5, 5.41) is 4.36. The average molecular weight is 480 g/mol. The maximum Gasteiger partial charge on any atom is 0.261 e. The second kappa shape index (κ2) is 10.1. The molecule has 164 valence electrons. The van der Waals surface area contributed by atoms with Crippen molar-refractivity contribution >= 4 is 52.7 Å². The molecule has 9 heteroatoms. The number of rotatable bonds is 7. The Morgan fingerprint density at radius 2 is 1.74 bits per heavy atom. The first-order valence-electron chi connectivity index (χ1n) is 10.3. The fourth-order valence-corrected chi connectivity index (χ4v) is 4.61. The predicted molar refractivity (Wildman–Crippen MR) is 124 cm³/mol. The third-order valence-electron chi connectivity index (χ3n) is 5.35. The average Bonchev–Trinajstić information content (AvgIpc) is 3.59. The Labute approximate surface area is 195 Å². The normalized spacial score (nSPS) is 20.7. The van der Waals surface area contributed by atoms with Crippen molar-refractivity contribution in [2.24, 2.45) is 5.92 Å². The van der Waals surface area contributed by atoms with Crippen molar-refractivity contribution in [3.63, 3.8) is 0 Å². The molecular formula is C22H23Cl2N3O3S. The number of benzene rings is 1. The highest BCUT2D eigenvalue weighted by Gasteiger charge is 2.28. The molecule has 2 amide bonds. The standard InChI is InChI=1S/C22H23Cl2N3O3S/c23-15-11-19(24)22(25-12-15)30-17-7-3-13(4-8-17)20(28)26-16-5-1-14(2-6-16)21(29)27-31-18-9-10-18/h1-2,5-6,11-13,17-18H,3-4,7-10H2,(H,26,28)(H,27,29). The maximum absolute atomic E-state index is 12.6. The summed E-state index contributed by atoms with van der Waals surface area (Å²) in [7, 11) is 0. The van der Waals surface area contributed by atoms with Crippen LogP contribution in [0.5, 0.6) is 5.88 Å². The van der Waals surface area contributed by atoms with Gasteiger partial charge in [-0.3, -0.25) is 14.3 Å². The highest BCUT2D eigenvalue weighted by Crippen LogP contribution is 2.33. The molecule has 2 aliphatic rings. The Kier molecular flexibility index (Phi) is 7.25. The van der Waals surface area contributed by atoms with E-state index in [2.05, 4.69) is 15.0 Å². The van der Waals surface area contributed by atoms with Crippen molar-refractivity contribution in [2.75, 3.05) is 5.32 Å². The first-order valence-corrected chi connectivity index (χ1v) is 12.0. The van der Waals surface area contributed by atoms with E-state index in [-0.39, 0.29) is 23.8 Å². The van der Waals surface area contributed by atoms with Gasteiger partial charge in [0.05, 0.1) is 5.02 Å². The summed E-state index contributed by atoms with van der Waals surface area (Å²) < 4.78 is 8.75. The number of aromatic nitrogens is 1. The number of halogens is 2. The van der Waals surface area contributed by atoms with Crippen LogP contribution in [0, 0.1) is 5.92 Å². The Morgan fingerprint density at radius 3 is 2.39 bits per heavy atom. The third kappa shape index (κ3) is 6.28. The largest absolute Gasteiger partial charge is 0.473 e. The molecule has 1 aromatic heterocycles. The SMILES string of the molecule is O=C(NSC1CC1)c1ccc(NC(=O)C2CCC(Oc3ncc(Cl)cc3Cl)CC2)cc1. The molecule has 0 bridgehead atoms. The van der Waals surface area contributed by atoms with Gasteiger partial charge in [0.2, 0.25) is 11.8 Å². The summed E-state index contributed by atoms with van der Waals surface area (Å²) >= 11 is 13.5. The molecular weight excluding hydrogens is 457 g/mol. The number of nitrogens with one attached hydrogen (secondary N) is 2. The monoisotopic (exact) mass is 479 g/mol. The molecule has 0 unspecified atom stereocenters. The smallest absolute Gasteiger partial charge is 0.261 e. The van der Waals surface area contributed by atoms with Gasteiger partial charge in [-0.2, -0.15) is 0 Å². The fraction of sp³-hybridized carbons (Fsp3) is 0.409. The summed E-state index contributed by atoms with van der Waals surface area (Å²) in [6, 6.07) is 8.58. The summed E-state index contributed by atoms with van der Waals surface area (Å²) in [6.07, 6.45) is 6.74. The number of hydrogen-bond acceptors (Lipinski definition) is 5. The number of carbonyl (C=O) groups excluding carboxylic acids is 2. The molecule has 31 heavy (non-hydrogen) atoms. The minimum absolute atomic E-state index is 0.0115. The topological polar surface area (TPSA) is 80.3 Å². The number of nitrogens with zero attached hydrogens (tertiary/aromatic N) is 1. The molecule has 0 saturated heterocycles. The minimum atomic E-state index is -0.108. The number of ether oxygens (including phenoxy) is 1. The van der Waals surface area contributed by atoms with E-state index in [0.717, 1.165) is 38.5 Å². The van der Waals surface area contributed by atoms with E-state index in [1.54, 1.807) is 30.3 Å². The fourth-order valence-electron chi connectivity index (χ4n) is 3.42. The van der Waals surface area contributed by atoms with E-state index in [9.17, 15) is 9.59 Å². The lowest BCUT2D eigenvalue weighted by Crippen LogP contribution is -2.31. The van der Waals surface area contributed by atoms with Crippen molar-refractivity contribution in [3.8, 4) is 5.88 Å². The van der Waals surface area contributed by atoms with Crippen molar-refractivity contribution < 1.29 is 14.3 Å². The summed E-state index contributed by atoms with van der Waals surface area (Å²) in [5.74, 6) is 0.177. The van der Waals surface area contributed by atoms with Crippen LogP contribution >= 0.6 is 35.1 Å². The van der Waals surface area contributed by atoms with Gasteiger partial charge < -0.3 is 10.1 Å². The molecule has 1 heterocycles. The first-order chi connectivity index (χ1) is 15.0. The molecule has 2 saturated carbocycles. The summed E-state index contributed by atoms with van der Waals surface area (Å²) in [5.41, 5.74) is 1.27. The third-order valence-corrected chi connectivity index (χ3v) is 6.94. The van der Waals surface area contributed by atoms with E-state index >= 15 is 0 Å². The zero-order valence-corrected chi connectivity index (χ0v) is 19.1. The van der Waals surface area contributed by atoms with Gasteiger partial charge in [0, 0.05) is 28.6 Å². The maximum atomic E-state index is 12.6. The van der Waals surface area contributed by atoms with Gasteiger partial charge in [-0.15, -0.1) is 0 Å². The first kappa shape index (κ1) is 22.2. The van der Waals surface area contributed by atoms with Crippen LogP contribution in [0.1, 0.15) is 48.9 Å². The highest BCUT2D eigenvalue weighted by atomic mass is 35.5. The Hall–Kier alpha value is -1.96. The summed E-state index contributed by atoms with van der Waals surface area (Å²) in [6.45, 7) is 0. The van der Waals surface area contributed by atoms with Crippen molar-refractivity contribution in [2.45, 2.75) is 49.9 Å². The molecule has 0 radical (unpaired) electrons. The van der Waals surface area contributed by atoms with E-state index in [4.69, 9.17) is 27.9 Å². The molecule has 0 spiro atoms. The minimum Gasteiger partial charge on any atom is -0.473 e. The number of hydrogen-bond donors (Lipinski definition) is 2.